The van der Waals surface area contributed by atoms with Gasteiger partial charge in [-0.25, -0.2) is 0 Å². The van der Waals surface area contributed by atoms with Crippen LogP contribution in [0.4, 0.5) is 11.4 Å². The number of aromatic amines is 1. The Bertz CT molecular complexity index is 1810. The third-order valence-corrected chi connectivity index (χ3v) is 10.6. The lowest BCUT2D eigenvalue weighted by Gasteiger charge is -2.29. The molecule has 0 unspecified atom stereocenters. The van der Waals surface area contributed by atoms with Crippen LogP contribution in [-0.4, -0.2) is 58.3 Å². The van der Waals surface area contributed by atoms with Gasteiger partial charge in [0, 0.05) is 52.3 Å². The van der Waals surface area contributed by atoms with Crippen LogP contribution in [0.2, 0.25) is 0 Å². The second-order valence-electron chi connectivity index (χ2n) is 13.8. The summed E-state index contributed by atoms with van der Waals surface area (Å²) in [5, 5.41) is 13.7. The molecular formula is C37H40N6O3. The summed E-state index contributed by atoms with van der Waals surface area (Å²) in [4.78, 5) is 34.6. The number of morpholine rings is 1. The van der Waals surface area contributed by atoms with E-state index < -0.39 is 11.5 Å². The van der Waals surface area contributed by atoms with E-state index in [0.29, 0.717) is 17.8 Å². The van der Waals surface area contributed by atoms with Gasteiger partial charge in [0.05, 0.1) is 30.1 Å². The predicted octanol–water partition coefficient (Wildman–Crippen LogP) is 5.69. The topological polar surface area (TPSA) is 112 Å². The van der Waals surface area contributed by atoms with Gasteiger partial charge in [-0.1, -0.05) is 31.2 Å². The first-order chi connectivity index (χ1) is 22.3. The van der Waals surface area contributed by atoms with E-state index in [4.69, 9.17) is 9.72 Å². The largest absolute Gasteiger partial charge is 0.374 e. The number of aryl methyl sites for hydroxylation is 3. The number of hydrogen-bond acceptors (Lipinski definition) is 6. The van der Waals surface area contributed by atoms with Gasteiger partial charge in [0.15, 0.2) is 0 Å². The standard InChI is InChI=1S/C37H40N6O3/c1-21-33(22(2)42-41-21)24-6-9-26(10-7-24)39-35(44)34(40-36(45)37(3)13-14-37)30-11-8-23-4-5-25(16-31(23)30)32-18-27(12-15-38-32)43-19-29-17-28(43)20-46-29/h4-7,9-10,12,15-16,18,28-30,34H,8,11,13-14,17,19-20H2,1-3H3,(H,39,44)(H,40,45)(H,41,42)/t28-,29-,30+,34-/m0/s1. The molecule has 8 rings (SSSR count). The zero-order valence-corrected chi connectivity index (χ0v) is 26.6. The van der Waals surface area contributed by atoms with Gasteiger partial charge in [0.1, 0.15) is 6.04 Å². The molecule has 236 valence electrons. The van der Waals surface area contributed by atoms with Crippen LogP contribution in [0, 0.1) is 19.3 Å². The third-order valence-electron chi connectivity index (χ3n) is 10.6. The Hall–Kier alpha value is -4.50. The van der Waals surface area contributed by atoms with E-state index in [1.807, 2.05) is 51.2 Å². The van der Waals surface area contributed by atoms with Crippen LogP contribution in [0.25, 0.3) is 22.4 Å². The smallest absolute Gasteiger partial charge is 0.247 e. The first-order valence-electron chi connectivity index (χ1n) is 16.5. The minimum Gasteiger partial charge on any atom is -0.374 e. The van der Waals surface area contributed by atoms with Crippen molar-refractivity contribution < 1.29 is 14.3 Å². The van der Waals surface area contributed by atoms with E-state index in [9.17, 15) is 9.59 Å². The summed E-state index contributed by atoms with van der Waals surface area (Å²) in [6.45, 7) is 7.66. The maximum Gasteiger partial charge on any atom is 0.247 e. The molecule has 2 amide bonds. The Morgan fingerprint density at radius 2 is 1.87 bits per heavy atom. The number of aromatic nitrogens is 3. The molecule has 3 N–H and O–H groups in total. The highest BCUT2D eigenvalue weighted by Gasteiger charge is 2.47. The highest BCUT2D eigenvalue weighted by molar-refractivity contribution is 5.99. The fraction of sp³-hybridized carbons (Fsp3) is 0.405. The number of fused-ring (bicyclic) bond motifs is 3. The number of benzene rings is 2. The van der Waals surface area contributed by atoms with Crippen molar-refractivity contribution in [1.82, 2.24) is 20.5 Å². The van der Waals surface area contributed by atoms with Gasteiger partial charge in [0.25, 0.3) is 0 Å². The summed E-state index contributed by atoms with van der Waals surface area (Å²) in [5.41, 5.74) is 9.78. The second-order valence-corrected chi connectivity index (χ2v) is 13.8. The normalized spacial score (nSPS) is 22.8. The molecule has 9 nitrogen and oxygen atoms in total. The average Bonchev–Trinajstić information content (AvgIpc) is 3.47. The number of amides is 2. The molecule has 1 saturated carbocycles. The molecule has 0 radical (unpaired) electrons. The van der Waals surface area contributed by atoms with Gasteiger partial charge in [-0.15, -0.1) is 0 Å². The monoisotopic (exact) mass is 616 g/mol. The van der Waals surface area contributed by atoms with Crippen LogP contribution in [0.1, 0.15) is 61.0 Å². The summed E-state index contributed by atoms with van der Waals surface area (Å²) < 4.78 is 5.82. The minimum absolute atomic E-state index is 0.0447. The first kappa shape index (κ1) is 28.9. The lowest BCUT2D eigenvalue weighted by molar-refractivity contribution is -0.130. The number of nitrogens with zero attached hydrogens (tertiary/aromatic N) is 3. The minimum atomic E-state index is -0.695. The number of anilines is 2. The van der Waals surface area contributed by atoms with E-state index in [2.05, 4.69) is 56.1 Å². The molecule has 4 heterocycles. The van der Waals surface area contributed by atoms with E-state index in [0.717, 1.165) is 84.6 Å². The zero-order valence-electron chi connectivity index (χ0n) is 26.6. The number of nitrogens with one attached hydrogen (secondary N) is 3. The molecule has 4 aromatic rings. The molecule has 2 aromatic heterocycles. The molecular weight excluding hydrogens is 576 g/mol. The van der Waals surface area contributed by atoms with E-state index in [-0.39, 0.29) is 17.7 Å². The number of carbonyl (C=O) groups is 2. The molecule has 4 atom stereocenters. The van der Waals surface area contributed by atoms with E-state index in [1.165, 1.54) is 11.3 Å². The molecule has 2 aromatic carbocycles. The predicted molar refractivity (Wildman–Crippen MR) is 178 cm³/mol. The Labute approximate surface area is 269 Å². The molecule has 3 fully saturated rings. The van der Waals surface area contributed by atoms with Crippen LogP contribution >= 0.6 is 0 Å². The van der Waals surface area contributed by atoms with Crippen molar-refractivity contribution in [1.29, 1.82) is 0 Å². The Balaban J connectivity index is 1.06. The van der Waals surface area contributed by atoms with Crippen molar-refractivity contribution >= 4 is 23.2 Å². The Kier molecular flexibility index (Phi) is 6.97. The summed E-state index contributed by atoms with van der Waals surface area (Å²) in [5.74, 6) is -0.390. The molecule has 0 spiro atoms. The maximum atomic E-state index is 14.1. The highest BCUT2D eigenvalue weighted by atomic mass is 16.5. The van der Waals surface area contributed by atoms with Crippen molar-refractivity contribution in [3.8, 4) is 22.4 Å². The van der Waals surface area contributed by atoms with E-state index >= 15 is 0 Å². The van der Waals surface area contributed by atoms with Gasteiger partial charge in [-0.2, -0.15) is 5.10 Å². The zero-order chi connectivity index (χ0) is 31.6. The van der Waals surface area contributed by atoms with Gasteiger partial charge in [-0.3, -0.25) is 19.7 Å². The summed E-state index contributed by atoms with van der Waals surface area (Å²) in [6, 6.07) is 18.3. The molecule has 2 bridgehead atoms. The van der Waals surface area contributed by atoms with E-state index in [1.54, 1.807) is 0 Å². The number of carbonyl (C=O) groups excluding carboxylic acids is 2. The number of hydrogen-bond donors (Lipinski definition) is 3. The lowest BCUT2D eigenvalue weighted by atomic mass is 9.90. The average molecular weight is 617 g/mol. The SMILES string of the molecule is Cc1n[nH]c(C)c1-c1ccc(NC(=O)[C@@H](NC(=O)C2(C)CC2)[C@@H]2CCc3ccc(-c4cc(N5C[C@@H]6C[C@H]5CO6)ccn4)cc32)cc1. The van der Waals surface area contributed by atoms with Crippen LogP contribution in [0.3, 0.4) is 0 Å². The lowest BCUT2D eigenvalue weighted by Crippen LogP contribution is -2.49. The molecule has 2 aliphatic heterocycles. The van der Waals surface area contributed by atoms with Crippen molar-refractivity contribution in [2.75, 3.05) is 23.4 Å². The number of ether oxygens (including phenoxy) is 1. The van der Waals surface area contributed by atoms with Crippen LogP contribution in [0.5, 0.6) is 0 Å². The molecule has 4 aliphatic rings. The highest BCUT2D eigenvalue weighted by Crippen LogP contribution is 2.46. The Morgan fingerprint density at radius 3 is 2.57 bits per heavy atom. The van der Waals surface area contributed by atoms with Crippen molar-refractivity contribution in [2.24, 2.45) is 5.41 Å². The second kappa shape index (κ2) is 11.1. The van der Waals surface area contributed by atoms with Gasteiger partial charge >= 0.3 is 0 Å². The maximum absolute atomic E-state index is 14.1. The van der Waals surface area contributed by atoms with Gasteiger partial charge < -0.3 is 20.3 Å². The third kappa shape index (κ3) is 5.16. The summed E-state index contributed by atoms with van der Waals surface area (Å²) >= 11 is 0. The molecule has 2 saturated heterocycles. The van der Waals surface area contributed by atoms with Crippen molar-refractivity contribution in [3.05, 3.63) is 83.3 Å². The van der Waals surface area contributed by atoms with Gasteiger partial charge in [0.2, 0.25) is 11.8 Å². The summed E-state index contributed by atoms with van der Waals surface area (Å²) in [6.07, 6.45) is 6.63. The molecule has 2 aliphatic carbocycles. The quantitative estimate of drug-likeness (QED) is 0.235. The van der Waals surface area contributed by atoms with Crippen LogP contribution in [-0.2, 0) is 20.7 Å². The summed E-state index contributed by atoms with van der Waals surface area (Å²) in [7, 11) is 0. The Morgan fingerprint density at radius 1 is 1.07 bits per heavy atom. The first-order valence-corrected chi connectivity index (χ1v) is 16.5. The fourth-order valence-electron chi connectivity index (χ4n) is 7.61. The number of rotatable bonds is 8. The van der Waals surface area contributed by atoms with Crippen molar-refractivity contribution in [2.45, 2.75) is 77.0 Å². The fourth-order valence-corrected chi connectivity index (χ4v) is 7.61. The van der Waals surface area contributed by atoms with Gasteiger partial charge in [-0.05, 0) is 93.0 Å². The number of H-pyrrole nitrogens is 1. The van der Waals surface area contributed by atoms with Crippen LogP contribution in [0.15, 0.2) is 60.8 Å². The molecule has 9 heteroatoms. The van der Waals surface area contributed by atoms with Crippen LogP contribution < -0.4 is 15.5 Å². The van der Waals surface area contributed by atoms with Crippen molar-refractivity contribution in [3.63, 3.8) is 0 Å². The molecule has 46 heavy (non-hydrogen) atoms. The number of pyridine rings is 1.